The highest BCUT2D eigenvalue weighted by molar-refractivity contribution is 7.89. The number of piperidine rings is 1. The van der Waals surface area contributed by atoms with Crippen LogP contribution in [0.1, 0.15) is 63.5 Å². The van der Waals surface area contributed by atoms with Crippen LogP contribution in [-0.2, 0) is 14.8 Å². The lowest BCUT2D eigenvalue weighted by Crippen LogP contribution is -2.49. The predicted molar refractivity (Wildman–Crippen MR) is 112 cm³/mol. The minimum atomic E-state index is -3.50. The van der Waals surface area contributed by atoms with Crippen molar-refractivity contribution in [2.24, 2.45) is 5.92 Å². The molecule has 156 valence electrons. The van der Waals surface area contributed by atoms with E-state index in [1.165, 1.54) is 12.8 Å². The van der Waals surface area contributed by atoms with Gasteiger partial charge in [0, 0.05) is 31.1 Å². The summed E-state index contributed by atoms with van der Waals surface area (Å²) in [5.41, 5.74) is 1.84. The van der Waals surface area contributed by atoms with Gasteiger partial charge in [-0.15, -0.1) is 0 Å². The molecule has 1 aliphatic heterocycles. The first-order valence-electron chi connectivity index (χ1n) is 10.6. The van der Waals surface area contributed by atoms with Gasteiger partial charge in [0.1, 0.15) is 0 Å². The summed E-state index contributed by atoms with van der Waals surface area (Å²) in [6.07, 6.45) is 5.83. The maximum absolute atomic E-state index is 13.2. The van der Waals surface area contributed by atoms with E-state index < -0.39 is 10.0 Å². The highest BCUT2D eigenvalue weighted by atomic mass is 32.2. The van der Waals surface area contributed by atoms with Crippen molar-refractivity contribution < 1.29 is 13.2 Å². The molecule has 1 aliphatic carbocycles. The fourth-order valence-corrected chi connectivity index (χ4v) is 6.50. The fourth-order valence-electron chi connectivity index (χ4n) is 4.82. The first kappa shape index (κ1) is 21.3. The Morgan fingerprint density at radius 2 is 1.68 bits per heavy atom. The number of carbonyl (C=O) groups is 1. The second kappa shape index (κ2) is 8.54. The summed E-state index contributed by atoms with van der Waals surface area (Å²) in [7, 11) is -3.50. The van der Waals surface area contributed by atoms with Gasteiger partial charge >= 0.3 is 0 Å². The molecule has 1 aromatic carbocycles. The zero-order chi connectivity index (χ0) is 20.5. The van der Waals surface area contributed by atoms with Gasteiger partial charge < -0.3 is 4.90 Å². The maximum Gasteiger partial charge on any atom is 0.243 e. The summed E-state index contributed by atoms with van der Waals surface area (Å²) in [5.74, 6) is 0.166. The van der Waals surface area contributed by atoms with Crippen LogP contribution in [0.25, 0.3) is 0 Å². The number of rotatable bonds is 5. The van der Waals surface area contributed by atoms with Crippen molar-refractivity contribution in [1.29, 1.82) is 0 Å². The highest BCUT2D eigenvalue weighted by Gasteiger charge is 2.37. The van der Waals surface area contributed by atoms with E-state index in [4.69, 9.17) is 0 Å². The zero-order valence-corrected chi connectivity index (χ0v) is 18.5. The number of amides is 1. The van der Waals surface area contributed by atoms with Gasteiger partial charge in [-0.1, -0.05) is 30.5 Å². The van der Waals surface area contributed by atoms with Crippen molar-refractivity contribution in [1.82, 2.24) is 9.21 Å². The molecule has 0 aromatic heterocycles. The molecule has 6 heteroatoms. The predicted octanol–water partition coefficient (Wildman–Crippen LogP) is 3.88. The number of nitrogens with zero attached hydrogens (tertiary/aromatic N) is 2. The van der Waals surface area contributed by atoms with E-state index in [2.05, 4.69) is 18.7 Å². The smallest absolute Gasteiger partial charge is 0.243 e. The van der Waals surface area contributed by atoms with Crippen LogP contribution in [0.4, 0.5) is 0 Å². The van der Waals surface area contributed by atoms with Gasteiger partial charge in [-0.05, 0) is 65.0 Å². The van der Waals surface area contributed by atoms with E-state index in [9.17, 15) is 13.2 Å². The van der Waals surface area contributed by atoms with Gasteiger partial charge in [-0.3, -0.25) is 4.79 Å². The van der Waals surface area contributed by atoms with E-state index in [0.29, 0.717) is 36.9 Å². The van der Waals surface area contributed by atoms with Gasteiger partial charge in [0.25, 0.3) is 0 Å². The van der Waals surface area contributed by atoms with Crippen LogP contribution in [0.3, 0.4) is 0 Å². The standard InChI is InChI=1S/C22H34N2O3S/c1-16(2)24(20-7-5-6-8-20)22(25)19-11-13-23(14-12-19)28(26,27)21-10-9-17(3)15-18(21)4/h9-10,15-16,19-20H,5-8,11-14H2,1-4H3. The number of hydrogen-bond acceptors (Lipinski definition) is 3. The quantitative estimate of drug-likeness (QED) is 0.745. The Labute approximate surface area is 170 Å². The molecule has 28 heavy (non-hydrogen) atoms. The number of benzene rings is 1. The van der Waals surface area contributed by atoms with E-state index in [1.54, 1.807) is 10.4 Å². The van der Waals surface area contributed by atoms with Crippen LogP contribution >= 0.6 is 0 Å². The normalized spacial score (nSPS) is 20.0. The Hall–Kier alpha value is -1.40. The lowest BCUT2D eigenvalue weighted by Gasteiger charge is -2.38. The van der Waals surface area contributed by atoms with E-state index in [1.807, 2.05) is 26.0 Å². The van der Waals surface area contributed by atoms with Gasteiger partial charge in [0.05, 0.1) is 4.90 Å². The third-order valence-electron chi connectivity index (χ3n) is 6.28. The third kappa shape index (κ3) is 4.28. The molecule has 0 unspecified atom stereocenters. The summed E-state index contributed by atoms with van der Waals surface area (Å²) in [4.78, 5) is 15.7. The largest absolute Gasteiger partial charge is 0.337 e. The topological polar surface area (TPSA) is 57.7 Å². The lowest BCUT2D eigenvalue weighted by molar-refractivity contribution is -0.141. The van der Waals surface area contributed by atoms with Gasteiger partial charge in [-0.2, -0.15) is 4.31 Å². The molecule has 0 radical (unpaired) electrons. The Bertz CT molecular complexity index is 805. The Balaban J connectivity index is 1.68. The van der Waals surface area contributed by atoms with Crippen LogP contribution in [0, 0.1) is 19.8 Å². The number of aryl methyl sites for hydroxylation is 2. The zero-order valence-electron chi connectivity index (χ0n) is 17.6. The van der Waals surface area contributed by atoms with Crippen LogP contribution in [0.15, 0.2) is 23.1 Å². The van der Waals surface area contributed by atoms with Crippen molar-refractivity contribution in [2.45, 2.75) is 83.2 Å². The molecule has 1 heterocycles. The first-order valence-corrected chi connectivity index (χ1v) is 12.1. The Morgan fingerprint density at radius 1 is 1.07 bits per heavy atom. The summed E-state index contributed by atoms with van der Waals surface area (Å²) in [6.45, 7) is 8.83. The molecule has 1 aromatic rings. The van der Waals surface area contributed by atoms with Crippen LogP contribution in [0.5, 0.6) is 0 Å². The molecule has 2 fully saturated rings. The lowest BCUT2D eigenvalue weighted by atomic mass is 9.95. The second-order valence-electron chi connectivity index (χ2n) is 8.72. The third-order valence-corrected chi connectivity index (χ3v) is 8.34. The molecule has 2 aliphatic rings. The van der Waals surface area contributed by atoms with Crippen molar-refractivity contribution in [3.63, 3.8) is 0 Å². The average Bonchev–Trinajstić information content (AvgIpc) is 3.15. The number of hydrogen-bond donors (Lipinski definition) is 0. The molecule has 5 nitrogen and oxygen atoms in total. The molecule has 1 saturated carbocycles. The number of carbonyl (C=O) groups excluding carboxylic acids is 1. The summed E-state index contributed by atoms with van der Waals surface area (Å²) >= 11 is 0. The molecule has 1 amide bonds. The van der Waals surface area contributed by atoms with Crippen molar-refractivity contribution in [3.05, 3.63) is 29.3 Å². The van der Waals surface area contributed by atoms with E-state index in [-0.39, 0.29) is 17.9 Å². The van der Waals surface area contributed by atoms with Crippen molar-refractivity contribution in [2.75, 3.05) is 13.1 Å². The number of sulfonamides is 1. The molecule has 0 atom stereocenters. The molecule has 0 N–H and O–H groups in total. The molecular weight excluding hydrogens is 372 g/mol. The minimum Gasteiger partial charge on any atom is -0.337 e. The molecule has 0 spiro atoms. The van der Waals surface area contributed by atoms with E-state index in [0.717, 1.165) is 24.0 Å². The van der Waals surface area contributed by atoms with Crippen LogP contribution in [-0.4, -0.2) is 48.7 Å². The summed E-state index contributed by atoms with van der Waals surface area (Å²) in [5, 5.41) is 0. The minimum absolute atomic E-state index is 0.0615. The first-order chi connectivity index (χ1) is 13.2. The maximum atomic E-state index is 13.2. The summed E-state index contributed by atoms with van der Waals surface area (Å²) < 4.78 is 27.7. The summed E-state index contributed by atoms with van der Waals surface area (Å²) in [6, 6.07) is 6.03. The van der Waals surface area contributed by atoms with Crippen LogP contribution < -0.4 is 0 Å². The van der Waals surface area contributed by atoms with Crippen molar-refractivity contribution >= 4 is 15.9 Å². The molecule has 3 rings (SSSR count). The second-order valence-corrected chi connectivity index (χ2v) is 10.6. The fraction of sp³-hybridized carbons (Fsp3) is 0.682. The van der Waals surface area contributed by atoms with Gasteiger partial charge in [0.15, 0.2) is 0 Å². The highest BCUT2D eigenvalue weighted by Crippen LogP contribution is 2.31. The molecule has 1 saturated heterocycles. The van der Waals surface area contributed by atoms with Gasteiger partial charge in [0.2, 0.25) is 15.9 Å². The average molecular weight is 407 g/mol. The van der Waals surface area contributed by atoms with Gasteiger partial charge in [-0.25, -0.2) is 8.42 Å². The van der Waals surface area contributed by atoms with Crippen LogP contribution in [0.2, 0.25) is 0 Å². The van der Waals surface area contributed by atoms with Crippen molar-refractivity contribution in [3.8, 4) is 0 Å². The SMILES string of the molecule is Cc1ccc(S(=O)(=O)N2CCC(C(=O)N(C(C)C)C3CCCC3)CC2)c(C)c1. The Kier molecular flexibility index (Phi) is 6.50. The molecule has 0 bridgehead atoms. The molecular formula is C22H34N2O3S. The monoisotopic (exact) mass is 406 g/mol. The Morgan fingerprint density at radius 3 is 2.21 bits per heavy atom. The van der Waals surface area contributed by atoms with E-state index >= 15 is 0 Å².